The van der Waals surface area contributed by atoms with Gasteiger partial charge in [0.1, 0.15) is 0 Å². The molecule has 0 atom stereocenters. The van der Waals surface area contributed by atoms with Crippen molar-refractivity contribution in [1.29, 1.82) is 0 Å². The predicted molar refractivity (Wildman–Crippen MR) is 66.7 cm³/mol. The average Bonchev–Trinajstić information content (AvgIpc) is 2.40. The second-order valence-electron chi connectivity index (χ2n) is 4.25. The summed E-state index contributed by atoms with van der Waals surface area (Å²) in [5.41, 5.74) is 17.2. The monoisotopic (exact) mass is 301 g/mol. The Bertz CT molecular complexity index is 484. The zero-order chi connectivity index (χ0) is 15.9. The number of carbonyl (C=O) groups is 2. The van der Waals surface area contributed by atoms with Crippen LogP contribution in [-0.2, 0) is 23.2 Å². The van der Waals surface area contributed by atoms with E-state index in [2.05, 4.69) is 18.6 Å². The normalized spacial score (nSPS) is 10.4. The summed E-state index contributed by atoms with van der Waals surface area (Å²) in [6, 6.07) is 0. The van der Waals surface area contributed by atoms with Crippen LogP contribution in [0.25, 0.3) is 11.1 Å². The molecular weight excluding hydrogens is 287 g/mol. The lowest BCUT2D eigenvalue weighted by Gasteiger charge is -1.94. The maximum atomic E-state index is 11.5. The Morgan fingerprint density at radius 1 is 0.900 bits per heavy atom. The SMILES string of the molecule is CC(C)C(=O)C(=[N+]=[N-])O[P+](=O)OC(=[N+]=[N-])C(=O)C(C)C. The lowest BCUT2D eigenvalue weighted by Crippen LogP contribution is -2.24. The van der Waals surface area contributed by atoms with E-state index in [0.717, 1.165) is 0 Å². The molecule has 0 heterocycles. The van der Waals surface area contributed by atoms with Gasteiger partial charge in [-0.1, -0.05) is 27.7 Å². The average molecular weight is 301 g/mol. The quantitative estimate of drug-likeness (QED) is 0.239. The van der Waals surface area contributed by atoms with Crippen molar-refractivity contribution in [1.82, 2.24) is 0 Å². The molecule has 0 aromatic rings. The summed E-state index contributed by atoms with van der Waals surface area (Å²) in [4.78, 5) is 28.0. The predicted octanol–water partition coefficient (Wildman–Crippen LogP) is 1.38. The number of rotatable bonds is 6. The topological polar surface area (TPSA) is 142 Å². The van der Waals surface area contributed by atoms with Gasteiger partial charge < -0.3 is 11.1 Å². The van der Waals surface area contributed by atoms with Gasteiger partial charge in [-0.3, -0.25) is 9.59 Å². The zero-order valence-corrected chi connectivity index (χ0v) is 12.3. The number of hydrogen-bond donors (Lipinski definition) is 0. The standard InChI is InChI=1S/C10H14N4O5P/c1-5(2)7(15)9(13-11)18-20(17)19-10(14-12)8(16)6(3)4/h5-6H,1-4H3/q+1. The minimum Gasteiger partial charge on any atom is -0.356 e. The lowest BCUT2D eigenvalue weighted by atomic mass is 10.1. The molecule has 0 N–H and O–H groups in total. The molecule has 0 aliphatic rings. The fourth-order valence-corrected chi connectivity index (χ4v) is 1.45. The molecule has 0 aliphatic carbocycles. The summed E-state index contributed by atoms with van der Waals surface area (Å²) in [6.07, 6.45) is 0. The Morgan fingerprint density at radius 3 is 1.40 bits per heavy atom. The lowest BCUT2D eigenvalue weighted by molar-refractivity contribution is -0.123. The fraction of sp³-hybridized carbons (Fsp3) is 0.600. The van der Waals surface area contributed by atoms with Crippen molar-refractivity contribution in [3.8, 4) is 0 Å². The third-order valence-electron chi connectivity index (χ3n) is 1.97. The molecule has 0 amide bonds. The van der Waals surface area contributed by atoms with Gasteiger partial charge in [0.25, 0.3) is 11.6 Å². The highest BCUT2D eigenvalue weighted by Crippen LogP contribution is 2.25. The van der Waals surface area contributed by atoms with Gasteiger partial charge in [-0.2, -0.15) is 0 Å². The molecule has 9 nitrogen and oxygen atoms in total. The largest absolute Gasteiger partial charge is 0.819 e. The number of hydrogen-bond acceptors (Lipinski definition) is 5. The summed E-state index contributed by atoms with van der Waals surface area (Å²) in [5, 5.41) is 0. The first-order valence-electron chi connectivity index (χ1n) is 5.60. The summed E-state index contributed by atoms with van der Waals surface area (Å²) in [5.74, 6) is -4.19. The highest BCUT2D eigenvalue weighted by Gasteiger charge is 2.44. The van der Waals surface area contributed by atoms with E-state index in [-0.39, 0.29) is 0 Å². The van der Waals surface area contributed by atoms with Gasteiger partial charge in [0.05, 0.1) is 0 Å². The number of nitrogens with zero attached hydrogens (tertiary/aromatic N) is 4. The second kappa shape index (κ2) is 8.07. The molecule has 0 aliphatic heterocycles. The van der Waals surface area contributed by atoms with E-state index in [1.165, 1.54) is 27.7 Å². The van der Waals surface area contributed by atoms with Gasteiger partial charge in [-0.25, -0.2) is 0 Å². The third-order valence-corrected chi connectivity index (χ3v) is 2.62. The number of ketones is 2. The third kappa shape index (κ3) is 5.20. The second-order valence-corrected chi connectivity index (χ2v) is 5.07. The molecule has 0 bridgehead atoms. The van der Waals surface area contributed by atoms with Crippen LogP contribution in [0.1, 0.15) is 27.7 Å². The Hall–Kier alpha value is -2.20. The molecule has 0 aromatic heterocycles. The Balaban J connectivity index is 4.88. The molecule has 0 aromatic carbocycles. The van der Waals surface area contributed by atoms with E-state index in [9.17, 15) is 14.2 Å². The van der Waals surface area contributed by atoms with Crippen LogP contribution in [-0.4, -0.2) is 32.9 Å². The first-order valence-corrected chi connectivity index (χ1v) is 6.69. The van der Waals surface area contributed by atoms with E-state index in [1.807, 2.05) is 0 Å². The van der Waals surface area contributed by atoms with Crippen molar-refractivity contribution in [2.75, 3.05) is 0 Å². The van der Waals surface area contributed by atoms with E-state index in [4.69, 9.17) is 11.1 Å². The first kappa shape index (κ1) is 17.8. The van der Waals surface area contributed by atoms with Gasteiger partial charge in [-0.15, -0.1) is 18.6 Å². The molecule has 108 valence electrons. The summed E-state index contributed by atoms with van der Waals surface area (Å²) < 4.78 is 20.4. The van der Waals surface area contributed by atoms with E-state index >= 15 is 0 Å². The van der Waals surface area contributed by atoms with Gasteiger partial charge in [0, 0.05) is 16.4 Å². The molecule has 0 saturated carbocycles. The Morgan fingerprint density at radius 2 is 1.20 bits per heavy atom. The van der Waals surface area contributed by atoms with Crippen LogP contribution < -0.4 is 0 Å². The van der Waals surface area contributed by atoms with E-state index in [1.54, 1.807) is 0 Å². The van der Waals surface area contributed by atoms with Crippen LogP contribution in [0.3, 0.4) is 0 Å². The van der Waals surface area contributed by atoms with E-state index < -0.39 is 43.5 Å². The van der Waals surface area contributed by atoms with Crippen LogP contribution in [0, 0.1) is 11.8 Å². The van der Waals surface area contributed by atoms with Gasteiger partial charge in [0.2, 0.25) is 0 Å². The summed E-state index contributed by atoms with van der Waals surface area (Å²) in [7, 11) is -3.06. The molecule has 0 saturated heterocycles. The van der Waals surface area contributed by atoms with Crippen molar-refractivity contribution >= 4 is 31.6 Å². The van der Waals surface area contributed by atoms with Gasteiger partial charge >= 0.3 is 20.1 Å². The molecule has 0 rings (SSSR count). The van der Waals surface area contributed by atoms with Crippen molar-refractivity contribution in [3.63, 3.8) is 0 Å². The van der Waals surface area contributed by atoms with Crippen molar-refractivity contribution in [2.24, 2.45) is 11.8 Å². The molecule has 0 unspecified atom stereocenters. The van der Waals surface area contributed by atoms with Crippen molar-refractivity contribution < 1.29 is 32.8 Å². The maximum Gasteiger partial charge on any atom is 0.819 e. The van der Waals surface area contributed by atoms with Gasteiger partial charge in [-0.05, 0) is 0 Å². The molecule has 20 heavy (non-hydrogen) atoms. The van der Waals surface area contributed by atoms with Crippen LogP contribution >= 0.6 is 8.25 Å². The molecule has 10 heteroatoms. The van der Waals surface area contributed by atoms with Crippen LogP contribution in [0.2, 0.25) is 0 Å². The fourth-order valence-electron chi connectivity index (χ4n) is 0.879. The molecule has 0 fully saturated rings. The first-order chi connectivity index (χ1) is 9.24. The Labute approximate surface area is 116 Å². The summed E-state index contributed by atoms with van der Waals surface area (Å²) >= 11 is 0. The molecule has 0 radical (unpaired) electrons. The highest BCUT2D eigenvalue weighted by atomic mass is 31.1. The van der Waals surface area contributed by atoms with Crippen molar-refractivity contribution in [3.05, 3.63) is 11.1 Å². The van der Waals surface area contributed by atoms with Gasteiger partial charge in [0.15, 0.2) is 0 Å². The minimum absolute atomic E-state index is 0.562. The van der Waals surface area contributed by atoms with Crippen LogP contribution in [0.5, 0.6) is 0 Å². The molecular formula is C10H14N4O5P+. The van der Waals surface area contributed by atoms with Crippen molar-refractivity contribution in [2.45, 2.75) is 27.7 Å². The summed E-state index contributed by atoms with van der Waals surface area (Å²) in [6.45, 7) is 6.03. The highest BCUT2D eigenvalue weighted by molar-refractivity contribution is 7.35. The smallest absolute Gasteiger partial charge is 0.356 e. The molecule has 0 spiro atoms. The number of carbonyl (C=O) groups excluding carboxylic acids is 2. The number of Topliss-reactive ketones (excluding diaryl/α,β-unsaturated/α-hetero) is 2. The van der Waals surface area contributed by atoms with Crippen LogP contribution in [0.15, 0.2) is 0 Å². The maximum absolute atomic E-state index is 11.5. The minimum atomic E-state index is -3.06. The van der Waals surface area contributed by atoms with Crippen LogP contribution in [0.4, 0.5) is 0 Å². The Kier molecular flexibility index (Phi) is 7.18. The van der Waals surface area contributed by atoms with E-state index in [0.29, 0.717) is 0 Å². The zero-order valence-electron chi connectivity index (χ0n) is 11.4.